The summed E-state index contributed by atoms with van der Waals surface area (Å²) >= 11 is 15.6. The van der Waals surface area contributed by atoms with E-state index in [9.17, 15) is 4.79 Å². The Labute approximate surface area is 175 Å². The van der Waals surface area contributed by atoms with Crippen LogP contribution in [0.3, 0.4) is 0 Å². The van der Waals surface area contributed by atoms with Crippen LogP contribution in [0, 0.1) is 6.92 Å². The molecule has 0 aliphatic heterocycles. The van der Waals surface area contributed by atoms with Gasteiger partial charge < -0.3 is 15.5 Å². The largest absolute Gasteiger partial charge is 0.457 e. The molecule has 0 atom stereocenters. The van der Waals surface area contributed by atoms with Crippen LogP contribution in [0.25, 0.3) is 17.4 Å². The number of rotatable bonds is 4. The number of benzene rings is 2. The standard InChI is InChI=1S/C20H15BrCl2N2O2/c1-11-8-13(24)10-17(23)20(11)25-19(26)7-4-14-3-6-18(27-14)15-5-2-12(22)9-16(15)21/h2-10H,24H2,1H3,(H,25,26)/b7-4+. The molecule has 27 heavy (non-hydrogen) atoms. The average molecular weight is 466 g/mol. The summed E-state index contributed by atoms with van der Waals surface area (Å²) in [5.41, 5.74) is 8.46. The van der Waals surface area contributed by atoms with Crippen molar-refractivity contribution in [2.24, 2.45) is 0 Å². The van der Waals surface area contributed by atoms with Gasteiger partial charge in [0.25, 0.3) is 0 Å². The molecule has 0 spiro atoms. The highest BCUT2D eigenvalue weighted by Crippen LogP contribution is 2.32. The van der Waals surface area contributed by atoms with E-state index in [0.29, 0.717) is 32.9 Å². The number of furan rings is 1. The maximum Gasteiger partial charge on any atom is 0.248 e. The van der Waals surface area contributed by atoms with Crippen molar-refractivity contribution in [2.75, 3.05) is 11.1 Å². The predicted molar refractivity (Wildman–Crippen MR) is 115 cm³/mol. The Bertz CT molecular complexity index is 1020. The first kappa shape index (κ1) is 19.5. The van der Waals surface area contributed by atoms with E-state index in [1.54, 1.807) is 36.4 Å². The molecule has 4 nitrogen and oxygen atoms in total. The molecule has 0 unspecified atom stereocenters. The minimum absolute atomic E-state index is 0.324. The molecule has 0 fully saturated rings. The number of amides is 1. The van der Waals surface area contributed by atoms with Gasteiger partial charge in [0.05, 0.1) is 10.7 Å². The summed E-state index contributed by atoms with van der Waals surface area (Å²) in [6.07, 6.45) is 2.97. The van der Waals surface area contributed by atoms with Gasteiger partial charge in [-0.25, -0.2) is 0 Å². The van der Waals surface area contributed by atoms with Crippen molar-refractivity contribution in [3.05, 3.63) is 74.4 Å². The van der Waals surface area contributed by atoms with Crippen LogP contribution in [0.1, 0.15) is 11.3 Å². The normalized spacial score (nSPS) is 11.1. The monoisotopic (exact) mass is 464 g/mol. The van der Waals surface area contributed by atoms with Crippen LogP contribution in [-0.2, 0) is 4.79 Å². The third-order valence-corrected chi connectivity index (χ3v) is 4.97. The number of anilines is 2. The SMILES string of the molecule is Cc1cc(N)cc(Cl)c1NC(=O)/C=C/c1ccc(-c2ccc(Cl)cc2Br)o1. The van der Waals surface area contributed by atoms with E-state index in [1.165, 1.54) is 6.08 Å². The van der Waals surface area contributed by atoms with Crippen LogP contribution in [0.15, 0.2) is 57.4 Å². The van der Waals surface area contributed by atoms with Crippen LogP contribution < -0.4 is 11.1 Å². The van der Waals surface area contributed by atoms with Gasteiger partial charge >= 0.3 is 0 Å². The molecule has 138 valence electrons. The van der Waals surface area contributed by atoms with Gasteiger partial charge in [-0.05, 0) is 77.0 Å². The number of carbonyl (C=O) groups is 1. The van der Waals surface area contributed by atoms with E-state index in [-0.39, 0.29) is 5.91 Å². The molecule has 0 aliphatic rings. The fraction of sp³-hybridized carbons (Fsp3) is 0.0500. The van der Waals surface area contributed by atoms with E-state index in [0.717, 1.165) is 15.6 Å². The number of nitrogen functional groups attached to an aromatic ring is 1. The minimum Gasteiger partial charge on any atom is -0.457 e. The summed E-state index contributed by atoms with van der Waals surface area (Å²) in [7, 11) is 0. The lowest BCUT2D eigenvalue weighted by atomic mass is 10.1. The van der Waals surface area contributed by atoms with E-state index < -0.39 is 0 Å². The molecule has 7 heteroatoms. The summed E-state index contributed by atoms with van der Waals surface area (Å²) in [6, 6.07) is 12.4. The van der Waals surface area contributed by atoms with Gasteiger partial charge in [-0.3, -0.25) is 4.79 Å². The van der Waals surface area contributed by atoms with Crippen molar-refractivity contribution >= 4 is 62.5 Å². The van der Waals surface area contributed by atoms with Crippen molar-refractivity contribution in [1.82, 2.24) is 0 Å². The molecule has 0 bridgehead atoms. The molecule has 1 amide bonds. The molecule has 0 saturated heterocycles. The van der Waals surface area contributed by atoms with Crippen LogP contribution in [0.5, 0.6) is 0 Å². The topological polar surface area (TPSA) is 68.3 Å². The maximum atomic E-state index is 12.2. The summed E-state index contributed by atoms with van der Waals surface area (Å²) in [6.45, 7) is 1.82. The number of hydrogen-bond donors (Lipinski definition) is 2. The maximum absolute atomic E-state index is 12.2. The van der Waals surface area contributed by atoms with Gasteiger partial charge in [0.15, 0.2) is 0 Å². The first-order chi connectivity index (χ1) is 12.8. The minimum atomic E-state index is -0.324. The number of halogens is 3. The average Bonchev–Trinajstić information content (AvgIpc) is 3.05. The first-order valence-corrected chi connectivity index (χ1v) is 9.48. The van der Waals surface area contributed by atoms with E-state index in [2.05, 4.69) is 21.2 Å². The van der Waals surface area contributed by atoms with E-state index >= 15 is 0 Å². The Kier molecular flexibility index (Phi) is 5.95. The highest BCUT2D eigenvalue weighted by Gasteiger charge is 2.10. The number of nitrogens with two attached hydrogens (primary N) is 1. The van der Waals surface area contributed by atoms with Gasteiger partial charge in [-0.2, -0.15) is 0 Å². The Morgan fingerprint density at radius 3 is 2.67 bits per heavy atom. The van der Waals surface area contributed by atoms with E-state index in [4.69, 9.17) is 33.4 Å². The highest BCUT2D eigenvalue weighted by atomic mass is 79.9. The first-order valence-electron chi connectivity index (χ1n) is 7.93. The molecule has 2 aromatic carbocycles. The van der Waals surface area contributed by atoms with Gasteiger partial charge in [0, 0.05) is 26.8 Å². The predicted octanol–water partition coefficient (Wildman–Crippen LogP) is 6.56. The third-order valence-electron chi connectivity index (χ3n) is 3.78. The fourth-order valence-corrected chi connectivity index (χ4v) is 3.73. The van der Waals surface area contributed by atoms with Crippen LogP contribution in [0.4, 0.5) is 11.4 Å². The van der Waals surface area contributed by atoms with Gasteiger partial charge in [-0.15, -0.1) is 0 Å². The Hall–Kier alpha value is -2.21. The summed E-state index contributed by atoms with van der Waals surface area (Å²) < 4.78 is 6.60. The zero-order valence-corrected chi connectivity index (χ0v) is 17.3. The van der Waals surface area contributed by atoms with Gasteiger partial charge in [0.1, 0.15) is 11.5 Å². The summed E-state index contributed by atoms with van der Waals surface area (Å²) in [5, 5.41) is 3.77. The number of aryl methyl sites for hydroxylation is 1. The van der Waals surface area contributed by atoms with Crippen molar-refractivity contribution in [3.8, 4) is 11.3 Å². The van der Waals surface area contributed by atoms with Crippen LogP contribution in [-0.4, -0.2) is 5.91 Å². The summed E-state index contributed by atoms with van der Waals surface area (Å²) in [5.74, 6) is 0.883. The van der Waals surface area contributed by atoms with Crippen LogP contribution >= 0.6 is 39.1 Å². The van der Waals surface area contributed by atoms with Gasteiger partial charge in [-0.1, -0.05) is 23.2 Å². The van der Waals surface area contributed by atoms with Crippen molar-refractivity contribution in [1.29, 1.82) is 0 Å². The molecule has 0 saturated carbocycles. The molecular formula is C20H15BrCl2N2O2. The zero-order chi connectivity index (χ0) is 19.6. The molecular weight excluding hydrogens is 451 g/mol. The lowest BCUT2D eigenvalue weighted by molar-refractivity contribution is -0.111. The fourth-order valence-electron chi connectivity index (χ4n) is 2.53. The highest BCUT2D eigenvalue weighted by molar-refractivity contribution is 9.10. The van der Waals surface area contributed by atoms with E-state index in [1.807, 2.05) is 19.1 Å². The van der Waals surface area contributed by atoms with Crippen LogP contribution in [0.2, 0.25) is 10.0 Å². The zero-order valence-electron chi connectivity index (χ0n) is 14.2. The number of hydrogen-bond acceptors (Lipinski definition) is 3. The lowest BCUT2D eigenvalue weighted by Crippen LogP contribution is -2.09. The second-order valence-corrected chi connectivity index (χ2v) is 7.54. The molecule has 3 aromatic rings. The quantitative estimate of drug-likeness (QED) is 0.338. The Morgan fingerprint density at radius 2 is 1.96 bits per heavy atom. The smallest absolute Gasteiger partial charge is 0.248 e. The van der Waals surface area contributed by atoms with Crippen molar-refractivity contribution in [2.45, 2.75) is 6.92 Å². The number of carbonyl (C=O) groups excluding carboxylic acids is 1. The molecule has 3 rings (SSSR count). The van der Waals surface area contributed by atoms with Crippen molar-refractivity contribution in [3.63, 3.8) is 0 Å². The molecule has 1 heterocycles. The Morgan fingerprint density at radius 1 is 1.19 bits per heavy atom. The molecule has 0 radical (unpaired) electrons. The number of nitrogens with one attached hydrogen (secondary N) is 1. The molecule has 3 N–H and O–H groups in total. The lowest BCUT2D eigenvalue weighted by Gasteiger charge is -2.09. The second-order valence-electron chi connectivity index (χ2n) is 5.84. The summed E-state index contributed by atoms with van der Waals surface area (Å²) in [4.78, 5) is 12.2. The Balaban J connectivity index is 1.73. The molecule has 1 aromatic heterocycles. The molecule has 0 aliphatic carbocycles. The third kappa shape index (κ3) is 4.75. The second kappa shape index (κ2) is 8.21. The van der Waals surface area contributed by atoms with Gasteiger partial charge in [0.2, 0.25) is 5.91 Å². The van der Waals surface area contributed by atoms with Crippen molar-refractivity contribution < 1.29 is 9.21 Å².